The predicted octanol–water partition coefficient (Wildman–Crippen LogP) is 23.3. The van der Waals surface area contributed by atoms with E-state index >= 15 is 0 Å². The van der Waals surface area contributed by atoms with Gasteiger partial charge in [0.15, 0.2) is 6.10 Å². The quantitative estimate of drug-likeness (QED) is 0.0261. The first-order valence-electron chi connectivity index (χ1n) is 34.1. The molecule has 0 saturated carbocycles. The lowest BCUT2D eigenvalue weighted by atomic mass is 10.0. The SMILES string of the molecule is CC/C=C\C/C=C\C/C=C\CCCCCC(=O)OCC(COC(=O)CCCCCCCCCCCCCCCCCCCCCCCCCCCCCC)OC(=O)CCCCCCCCC/C=C\CCCCCCCCC. The van der Waals surface area contributed by atoms with Gasteiger partial charge in [-0.25, -0.2) is 0 Å². The summed E-state index contributed by atoms with van der Waals surface area (Å²) in [5.41, 5.74) is 0. The van der Waals surface area contributed by atoms with Gasteiger partial charge in [-0.2, -0.15) is 0 Å². The van der Waals surface area contributed by atoms with Crippen LogP contribution in [-0.2, 0) is 28.6 Å². The van der Waals surface area contributed by atoms with Crippen molar-refractivity contribution in [3.05, 3.63) is 48.6 Å². The molecular formula is C71H130O6. The van der Waals surface area contributed by atoms with Gasteiger partial charge in [0.05, 0.1) is 0 Å². The van der Waals surface area contributed by atoms with E-state index in [9.17, 15) is 14.4 Å². The van der Waals surface area contributed by atoms with Gasteiger partial charge in [-0.15, -0.1) is 0 Å². The molecule has 0 aliphatic rings. The first kappa shape index (κ1) is 74.4. The molecule has 0 aliphatic heterocycles. The molecule has 0 spiro atoms. The molecule has 6 heteroatoms. The Kier molecular flexibility index (Phi) is 63.6. The van der Waals surface area contributed by atoms with Crippen LogP contribution in [0.25, 0.3) is 0 Å². The Hall–Kier alpha value is -2.63. The van der Waals surface area contributed by atoms with Gasteiger partial charge in [0.1, 0.15) is 13.2 Å². The molecule has 6 nitrogen and oxygen atoms in total. The molecule has 0 fully saturated rings. The van der Waals surface area contributed by atoms with Crippen LogP contribution < -0.4 is 0 Å². The van der Waals surface area contributed by atoms with Crippen molar-refractivity contribution in [3.63, 3.8) is 0 Å². The molecule has 0 amide bonds. The second-order valence-corrected chi connectivity index (χ2v) is 23.1. The van der Waals surface area contributed by atoms with Crippen molar-refractivity contribution < 1.29 is 28.6 Å². The van der Waals surface area contributed by atoms with E-state index in [1.165, 1.54) is 244 Å². The molecule has 0 aromatic rings. The van der Waals surface area contributed by atoms with Gasteiger partial charge in [-0.1, -0.05) is 320 Å². The van der Waals surface area contributed by atoms with Crippen LogP contribution >= 0.6 is 0 Å². The van der Waals surface area contributed by atoms with Crippen LogP contribution in [0, 0.1) is 0 Å². The Morgan fingerprint density at radius 3 is 0.818 bits per heavy atom. The molecule has 1 unspecified atom stereocenters. The number of rotatable bonds is 63. The van der Waals surface area contributed by atoms with E-state index < -0.39 is 6.10 Å². The monoisotopic (exact) mass is 1080 g/mol. The van der Waals surface area contributed by atoms with Crippen LogP contribution in [-0.4, -0.2) is 37.2 Å². The van der Waals surface area contributed by atoms with E-state index in [2.05, 4.69) is 69.4 Å². The van der Waals surface area contributed by atoms with Gasteiger partial charge in [0, 0.05) is 19.3 Å². The number of carbonyl (C=O) groups is 3. The first-order chi connectivity index (χ1) is 38.0. The lowest BCUT2D eigenvalue weighted by Crippen LogP contribution is -2.30. The highest BCUT2D eigenvalue weighted by Crippen LogP contribution is 2.18. The summed E-state index contributed by atoms with van der Waals surface area (Å²) in [6.45, 7) is 6.56. The molecule has 450 valence electrons. The largest absolute Gasteiger partial charge is 0.462 e. The fourth-order valence-electron chi connectivity index (χ4n) is 10.2. The number of allylic oxidation sites excluding steroid dienone is 8. The summed E-state index contributed by atoms with van der Waals surface area (Å²) >= 11 is 0. The second-order valence-electron chi connectivity index (χ2n) is 23.1. The van der Waals surface area contributed by atoms with Crippen molar-refractivity contribution in [2.24, 2.45) is 0 Å². The maximum atomic E-state index is 12.9. The van der Waals surface area contributed by atoms with Crippen molar-refractivity contribution in [2.75, 3.05) is 13.2 Å². The van der Waals surface area contributed by atoms with E-state index in [-0.39, 0.29) is 31.1 Å². The minimum absolute atomic E-state index is 0.0807. The average Bonchev–Trinajstić information content (AvgIpc) is 3.43. The van der Waals surface area contributed by atoms with Crippen LogP contribution in [0.2, 0.25) is 0 Å². The number of esters is 3. The second kappa shape index (κ2) is 65.9. The van der Waals surface area contributed by atoms with E-state index in [0.29, 0.717) is 19.3 Å². The minimum Gasteiger partial charge on any atom is -0.462 e. The summed E-state index contributed by atoms with van der Waals surface area (Å²) in [4.78, 5) is 38.3. The average molecular weight is 1080 g/mol. The molecule has 1 atom stereocenters. The summed E-state index contributed by atoms with van der Waals surface area (Å²) in [7, 11) is 0. The van der Waals surface area contributed by atoms with E-state index in [4.69, 9.17) is 14.2 Å². The number of unbranched alkanes of at least 4 members (excludes halogenated alkanes) is 44. The molecule has 0 bridgehead atoms. The number of ether oxygens (including phenoxy) is 3. The van der Waals surface area contributed by atoms with Gasteiger partial charge in [-0.05, 0) is 77.0 Å². The third kappa shape index (κ3) is 64.1. The standard InChI is InChI=1S/C71H130O6/c1-4-7-10-13-16-19-22-25-27-29-31-32-33-34-35-36-37-38-39-40-42-43-46-49-52-55-58-61-64-70(73)76-67-68(66-75-69(72)63-60-57-54-51-48-45-24-21-18-15-12-9-6-3)77-71(74)65-62-59-56-53-50-47-44-41-30-28-26-23-20-17-14-11-8-5-2/h9,12,18,21,28,30,45,48,68H,4-8,10-11,13-17,19-20,22-27,29,31-44,46-47,49-67H2,1-3H3/b12-9-,21-18-,30-28-,48-45-. The lowest BCUT2D eigenvalue weighted by Gasteiger charge is -2.18. The third-order valence-electron chi connectivity index (χ3n) is 15.3. The van der Waals surface area contributed by atoms with Crippen molar-refractivity contribution in [1.82, 2.24) is 0 Å². The van der Waals surface area contributed by atoms with Gasteiger partial charge < -0.3 is 14.2 Å². The molecule has 0 saturated heterocycles. The van der Waals surface area contributed by atoms with Crippen LogP contribution in [0.15, 0.2) is 48.6 Å². The molecule has 0 heterocycles. The Balaban J connectivity index is 4.20. The van der Waals surface area contributed by atoms with Crippen LogP contribution in [0.4, 0.5) is 0 Å². The summed E-state index contributed by atoms with van der Waals surface area (Å²) < 4.78 is 16.9. The molecule has 0 aromatic heterocycles. The smallest absolute Gasteiger partial charge is 0.306 e. The highest BCUT2D eigenvalue weighted by atomic mass is 16.6. The minimum atomic E-state index is -0.787. The zero-order valence-corrected chi connectivity index (χ0v) is 51.7. The number of hydrogen-bond donors (Lipinski definition) is 0. The fourth-order valence-corrected chi connectivity index (χ4v) is 10.2. The van der Waals surface area contributed by atoms with Gasteiger partial charge in [0.2, 0.25) is 0 Å². The summed E-state index contributed by atoms with van der Waals surface area (Å²) in [6.07, 6.45) is 82.9. The van der Waals surface area contributed by atoms with E-state index in [1.807, 2.05) is 0 Å². The Morgan fingerprint density at radius 2 is 0.506 bits per heavy atom. The lowest BCUT2D eigenvalue weighted by molar-refractivity contribution is -0.167. The summed E-state index contributed by atoms with van der Waals surface area (Å²) in [6, 6.07) is 0. The van der Waals surface area contributed by atoms with E-state index in [1.54, 1.807) is 0 Å². The fraction of sp³-hybridized carbons (Fsp3) is 0.845. The molecule has 0 rings (SSSR count). The van der Waals surface area contributed by atoms with Crippen LogP contribution in [0.5, 0.6) is 0 Å². The highest BCUT2D eigenvalue weighted by Gasteiger charge is 2.19. The molecule has 77 heavy (non-hydrogen) atoms. The third-order valence-corrected chi connectivity index (χ3v) is 15.3. The van der Waals surface area contributed by atoms with Crippen molar-refractivity contribution in [3.8, 4) is 0 Å². The van der Waals surface area contributed by atoms with Gasteiger partial charge >= 0.3 is 17.9 Å². The molecular weight excluding hydrogens is 949 g/mol. The molecule has 0 aromatic carbocycles. The maximum absolute atomic E-state index is 12.9. The summed E-state index contributed by atoms with van der Waals surface area (Å²) in [5, 5.41) is 0. The zero-order chi connectivity index (χ0) is 55.7. The van der Waals surface area contributed by atoms with Crippen molar-refractivity contribution in [1.29, 1.82) is 0 Å². The van der Waals surface area contributed by atoms with Gasteiger partial charge in [-0.3, -0.25) is 14.4 Å². The predicted molar refractivity (Wildman–Crippen MR) is 335 cm³/mol. The zero-order valence-electron chi connectivity index (χ0n) is 51.7. The van der Waals surface area contributed by atoms with Gasteiger partial charge in [0.25, 0.3) is 0 Å². The first-order valence-corrected chi connectivity index (χ1v) is 34.1. The van der Waals surface area contributed by atoms with E-state index in [0.717, 1.165) is 83.5 Å². The molecule has 0 radical (unpaired) electrons. The molecule has 0 aliphatic carbocycles. The Labute approximate surface area is 479 Å². The maximum Gasteiger partial charge on any atom is 0.306 e. The number of carbonyl (C=O) groups excluding carboxylic acids is 3. The summed E-state index contributed by atoms with van der Waals surface area (Å²) in [5.74, 6) is -0.894. The van der Waals surface area contributed by atoms with Crippen molar-refractivity contribution >= 4 is 17.9 Å². The molecule has 0 N–H and O–H groups in total. The highest BCUT2D eigenvalue weighted by molar-refractivity contribution is 5.71. The normalized spacial score (nSPS) is 12.3. The van der Waals surface area contributed by atoms with Crippen molar-refractivity contribution in [2.45, 2.75) is 374 Å². The Bertz CT molecular complexity index is 1330. The van der Waals surface area contributed by atoms with Crippen LogP contribution in [0.1, 0.15) is 367 Å². The Morgan fingerprint density at radius 1 is 0.273 bits per heavy atom. The van der Waals surface area contributed by atoms with Crippen LogP contribution in [0.3, 0.4) is 0 Å². The number of hydrogen-bond acceptors (Lipinski definition) is 6. The topological polar surface area (TPSA) is 78.9 Å².